The van der Waals surface area contributed by atoms with Gasteiger partial charge in [-0.25, -0.2) is 14.6 Å². The molecule has 0 radical (unpaired) electrons. The maximum absolute atomic E-state index is 12.7. The maximum atomic E-state index is 12.7. The smallest absolute Gasteiger partial charge is 0.526 e. The number of allylic oxidation sites excluding steroid dienone is 1. The molecule has 0 fully saturated rings. The number of aliphatic carboxylic acids is 1. The van der Waals surface area contributed by atoms with Crippen LogP contribution in [0.15, 0.2) is 29.7 Å². The van der Waals surface area contributed by atoms with Crippen LogP contribution in [0.3, 0.4) is 0 Å². The summed E-state index contributed by atoms with van der Waals surface area (Å²) in [5.41, 5.74) is 6.05. The third-order valence-corrected chi connectivity index (χ3v) is 4.94. The fraction of sp³-hybridized carbons (Fsp3) is 0.176. The number of anilines is 1. The molecule has 1 atom stereocenters. The second-order valence-corrected chi connectivity index (χ2v) is 7.06. The molecule has 3 rings (SSSR count). The Labute approximate surface area is 163 Å². The average Bonchev–Trinajstić information content (AvgIpc) is 3.05. The lowest BCUT2D eigenvalue weighted by atomic mass is 9.64. The molecule has 0 unspecified atom stereocenters. The Morgan fingerprint density at radius 3 is 2.71 bits per heavy atom. The van der Waals surface area contributed by atoms with Gasteiger partial charge in [0.15, 0.2) is 10.9 Å². The molecule has 2 heterocycles. The van der Waals surface area contributed by atoms with Crippen molar-refractivity contribution in [2.75, 3.05) is 5.73 Å². The van der Waals surface area contributed by atoms with Gasteiger partial charge in [-0.2, -0.15) is 0 Å². The maximum Gasteiger partial charge on any atom is 0.526 e. The van der Waals surface area contributed by atoms with Crippen LogP contribution in [0.2, 0.25) is 5.82 Å². The summed E-state index contributed by atoms with van der Waals surface area (Å²) in [6.45, 7) is 0. The number of aromatic nitrogens is 1. The van der Waals surface area contributed by atoms with Crippen molar-refractivity contribution in [2.24, 2.45) is 0 Å². The van der Waals surface area contributed by atoms with Crippen molar-refractivity contribution >= 4 is 46.9 Å². The number of rotatable bonds is 6. The van der Waals surface area contributed by atoms with Gasteiger partial charge in [-0.05, 0) is 18.1 Å². The minimum atomic E-state index is -1.41. The predicted octanol–water partition coefficient (Wildman–Crippen LogP) is 1.34. The molecular weight excluding hydrogens is 387 g/mol. The van der Waals surface area contributed by atoms with Gasteiger partial charge in [0.1, 0.15) is 5.75 Å². The molecule has 1 aromatic carbocycles. The predicted molar refractivity (Wildman–Crippen MR) is 101 cm³/mol. The molecule has 1 aliphatic rings. The minimum Gasteiger partial charge on any atom is -0.535 e. The van der Waals surface area contributed by atoms with Crippen LogP contribution in [0.4, 0.5) is 5.13 Å². The number of hydrogen-bond donors (Lipinski definition) is 4. The molecule has 28 heavy (non-hydrogen) atoms. The molecule has 0 spiro atoms. The van der Waals surface area contributed by atoms with Crippen LogP contribution in [0.5, 0.6) is 5.75 Å². The number of carbonyl (C=O) groups excluding carboxylic acids is 1. The van der Waals surface area contributed by atoms with Gasteiger partial charge in [-0.15, -0.1) is 11.3 Å². The highest BCUT2D eigenvalue weighted by Crippen LogP contribution is 2.37. The summed E-state index contributed by atoms with van der Waals surface area (Å²) in [5, 5.41) is 30.2. The largest absolute Gasteiger partial charge is 0.535 e. The highest BCUT2D eigenvalue weighted by atomic mass is 32.1. The van der Waals surface area contributed by atoms with Gasteiger partial charge in [0.2, 0.25) is 0 Å². The SMILES string of the molecule is Nc1nc(/C(=C/C(=O)O)C(=O)C[C@H]2Cc3cccc(C(=O)O)c3OB2O)cs1. The molecule has 0 aliphatic carbocycles. The van der Waals surface area contributed by atoms with Crippen molar-refractivity contribution in [3.63, 3.8) is 0 Å². The Morgan fingerprint density at radius 2 is 2.11 bits per heavy atom. The number of nitrogens with zero attached hydrogens (tertiary/aromatic N) is 1. The number of hydrogen-bond acceptors (Lipinski definition) is 8. The van der Waals surface area contributed by atoms with E-state index in [1.807, 2.05) is 0 Å². The van der Waals surface area contributed by atoms with Crippen molar-refractivity contribution in [1.29, 1.82) is 0 Å². The standard InChI is InChI=1S/C17H15BN2O7S/c19-17-20-12(7-28-17)11(6-14(22)23)13(21)5-9-4-8-2-1-3-10(16(24)25)15(8)27-18(9)26/h1-3,6-7,9,26H,4-5H2,(H2,19,20)(H,22,23)(H,24,25)/b11-6-/t9-/m1/s1. The Bertz CT molecular complexity index is 988. The van der Waals surface area contributed by atoms with E-state index in [2.05, 4.69) is 4.98 Å². The molecule has 2 aromatic rings. The van der Waals surface area contributed by atoms with E-state index in [9.17, 15) is 24.5 Å². The highest BCUT2D eigenvalue weighted by molar-refractivity contribution is 7.13. The van der Waals surface area contributed by atoms with Gasteiger partial charge >= 0.3 is 19.1 Å². The first-order chi connectivity index (χ1) is 13.3. The molecule has 11 heteroatoms. The first-order valence-corrected chi connectivity index (χ1v) is 9.03. The summed E-state index contributed by atoms with van der Waals surface area (Å²) in [6.07, 6.45) is 0.737. The number of thiazole rings is 1. The zero-order valence-electron chi connectivity index (χ0n) is 14.4. The summed E-state index contributed by atoms with van der Waals surface area (Å²) < 4.78 is 5.36. The zero-order chi connectivity index (χ0) is 20.4. The van der Waals surface area contributed by atoms with Crippen molar-refractivity contribution < 1.29 is 34.3 Å². The van der Waals surface area contributed by atoms with E-state index in [0.717, 1.165) is 17.4 Å². The van der Waals surface area contributed by atoms with Crippen LogP contribution < -0.4 is 10.4 Å². The number of nitrogens with two attached hydrogens (primary N) is 1. The van der Waals surface area contributed by atoms with Crippen LogP contribution in [0, 0.1) is 0 Å². The minimum absolute atomic E-state index is 0.0692. The Hall–Kier alpha value is -3.18. The average molecular weight is 402 g/mol. The molecule has 5 N–H and O–H groups in total. The Kier molecular flexibility index (Phi) is 5.47. The van der Waals surface area contributed by atoms with E-state index < -0.39 is 30.7 Å². The lowest BCUT2D eigenvalue weighted by molar-refractivity contribution is -0.131. The van der Waals surface area contributed by atoms with E-state index in [4.69, 9.17) is 15.5 Å². The van der Waals surface area contributed by atoms with E-state index in [0.29, 0.717) is 5.56 Å². The summed E-state index contributed by atoms with van der Waals surface area (Å²) in [5.74, 6) is -3.66. The van der Waals surface area contributed by atoms with Crippen LogP contribution >= 0.6 is 11.3 Å². The summed E-state index contributed by atoms with van der Waals surface area (Å²) in [6, 6.07) is 4.57. The molecule has 9 nitrogen and oxygen atoms in total. The number of benzene rings is 1. The van der Waals surface area contributed by atoms with Crippen LogP contribution in [-0.4, -0.2) is 45.1 Å². The number of Topliss-reactive ketones (excluding diaryl/α,β-unsaturated/α-hetero) is 1. The number of carbonyl (C=O) groups is 3. The van der Waals surface area contributed by atoms with Crippen LogP contribution in [0.25, 0.3) is 5.57 Å². The van der Waals surface area contributed by atoms with Gasteiger partial charge in [0, 0.05) is 23.7 Å². The molecule has 0 bridgehead atoms. The van der Waals surface area contributed by atoms with Crippen LogP contribution in [0.1, 0.15) is 28.0 Å². The second-order valence-electron chi connectivity index (χ2n) is 6.17. The first-order valence-electron chi connectivity index (χ1n) is 8.15. The Morgan fingerprint density at radius 1 is 1.36 bits per heavy atom. The van der Waals surface area contributed by atoms with Gasteiger partial charge in [0.25, 0.3) is 0 Å². The molecule has 0 amide bonds. The van der Waals surface area contributed by atoms with E-state index in [-0.39, 0.29) is 40.6 Å². The topological polar surface area (TPSA) is 160 Å². The quantitative estimate of drug-likeness (QED) is 0.413. The van der Waals surface area contributed by atoms with Crippen molar-refractivity contribution in [1.82, 2.24) is 4.98 Å². The molecule has 0 saturated heterocycles. The normalized spacial score (nSPS) is 16.2. The van der Waals surface area contributed by atoms with Crippen molar-refractivity contribution in [3.05, 3.63) is 46.5 Å². The molecule has 144 valence electrons. The summed E-state index contributed by atoms with van der Waals surface area (Å²) in [7, 11) is -1.41. The number of aromatic carboxylic acids is 1. The number of fused-ring (bicyclic) bond motifs is 1. The van der Waals surface area contributed by atoms with E-state index in [1.165, 1.54) is 11.4 Å². The lowest BCUT2D eigenvalue weighted by Crippen LogP contribution is -2.36. The van der Waals surface area contributed by atoms with Crippen molar-refractivity contribution in [2.45, 2.75) is 18.7 Å². The Balaban J connectivity index is 1.84. The number of carboxylic acids is 2. The number of para-hydroxylation sites is 1. The number of carboxylic acid groups (broad SMARTS) is 2. The fourth-order valence-corrected chi connectivity index (χ4v) is 3.57. The zero-order valence-corrected chi connectivity index (χ0v) is 15.2. The third-order valence-electron chi connectivity index (χ3n) is 4.26. The molecule has 1 aliphatic heterocycles. The summed E-state index contributed by atoms with van der Waals surface area (Å²) >= 11 is 1.07. The fourth-order valence-electron chi connectivity index (χ4n) is 3.01. The second kappa shape index (κ2) is 7.83. The van der Waals surface area contributed by atoms with E-state index >= 15 is 0 Å². The van der Waals surface area contributed by atoms with Crippen LogP contribution in [-0.2, 0) is 16.0 Å². The monoisotopic (exact) mass is 402 g/mol. The molecular formula is C17H15BN2O7S. The highest BCUT2D eigenvalue weighted by Gasteiger charge is 2.38. The van der Waals surface area contributed by atoms with Crippen molar-refractivity contribution in [3.8, 4) is 5.75 Å². The molecule has 0 saturated carbocycles. The molecule has 1 aromatic heterocycles. The van der Waals surface area contributed by atoms with E-state index in [1.54, 1.807) is 12.1 Å². The summed E-state index contributed by atoms with van der Waals surface area (Å²) in [4.78, 5) is 39.1. The lowest BCUT2D eigenvalue weighted by Gasteiger charge is -2.28. The van der Waals surface area contributed by atoms with Gasteiger partial charge < -0.3 is 25.6 Å². The van der Waals surface area contributed by atoms with Gasteiger partial charge in [-0.3, -0.25) is 4.79 Å². The van der Waals surface area contributed by atoms with Gasteiger partial charge in [0.05, 0.1) is 16.8 Å². The third kappa shape index (κ3) is 4.05. The number of nitrogen functional groups attached to an aromatic ring is 1. The number of ketones is 1. The van der Waals surface area contributed by atoms with Gasteiger partial charge in [-0.1, -0.05) is 12.1 Å². The first kappa shape index (κ1) is 19.6.